The van der Waals surface area contributed by atoms with Crippen LogP contribution in [-0.4, -0.2) is 14.2 Å². The molecule has 0 saturated heterocycles. The topological polar surface area (TPSA) is 38.5 Å². The van der Waals surface area contributed by atoms with Crippen LogP contribution >= 0.6 is 0 Å². The number of methoxy groups -OCH3 is 1. The number of anilines is 1. The van der Waals surface area contributed by atoms with Crippen LogP contribution in [0.4, 0.5) is 10.1 Å². The molecule has 0 amide bonds. The number of nitrogens with two attached hydrogens (primary N) is 1. The molecule has 106 valence electrons. The first-order valence-corrected chi connectivity index (χ1v) is 6.47. The van der Waals surface area contributed by atoms with E-state index >= 15 is 0 Å². The van der Waals surface area contributed by atoms with E-state index in [4.69, 9.17) is 10.5 Å². The molecule has 0 aliphatic heterocycles. The number of benzene rings is 2. The van der Waals surface area contributed by atoms with E-state index in [1.165, 1.54) is 12.1 Å². The van der Waals surface area contributed by atoms with E-state index in [1.54, 1.807) is 13.2 Å². The molecule has 20 heavy (non-hydrogen) atoms. The third-order valence-corrected chi connectivity index (χ3v) is 3.29. The van der Waals surface area contributed by atoms with Crippen LogP contribution in [0.1, 0.15) is 11.1 Å². The quantitative estimate of drug-likeness (QED) is 0.911. The van der Waals surface area contributed by atoms with Crippen LogP contribution in [0.15, 0.2) is 42.5 Å². The Labute approximate surface area is 118 Å². The van der Waals surface area contributed by atoms with Crippen LogP contribution in [-0.2, 0) is 13.1 Å². The Morgan fingerprint density at radius 1 is 1.15 bits per heavy atom. The molecule has 0 aliphatic rings. The van der Waals surface area contributed by atoms with Crippen LogP contribution in [0.3, 0.4) is 0 Å². The zero-order valence-electron chi connectivity index (χ0n) is 11.8. The van der Waals surface area contributed by atoms with Gasteiger partial charge in [-0.05, 0) is 35.4 Å². The molecule has 2 rings (SSSR count). The number of nitrogens with zero attached hydrogens (tertiary/aromatic N) is 1. The summed E-state index contributed by atoms with van der Waals surface area (Å²) in [5.41, 5.74) is 8.51. The van der Waals surface area contributed by atoms with Gasteiger partial charge in [0.15, 0.2) is 0 Å². The lowest BCUT2D eigenvalue weighted by Crippen LogP contribution is -2.19. The molecule has 2 aromatic carbocycles. The average Bonchev–Trinajstić information content (AvgIpc) is 2.47. The van der Waals surface area contributed by atoms with E-state index in [9.17, 15) is 4.39 Å². The summed E-state index contributed by atoms with van der Waals surface area (Å²) >= 11 is 0. The van der Waals surface area contributed by atoms with Crippen LogP contribution in [0.2, 0.25) is 0 Å². The van der Waals surface area contributed by atoms with Gasteiger partial charge < -0.3 is 15.4 Å². The van der Waals surface area contributed by atoms with Gasteiger partial charge in [0.05, 0.1) is 12.8 Å². The number of rotatable bonds is 5. The van der Waals surface area contributed by atoms with Crippen molar-refractivity contribution in [2.24, 2.45) is 5.73 Å². The van der Waals surface area contributed by atoms with E-state index in [0.717, 1.165) is 22.6 Å². The van der Waals surface area contributed by atoms with Crippen molar-refractivity contribution in [2.45, 2.75) is 13.1 Å². The molecule has 0 saturated carbocycles. The minimum Gasteiger partial charge on any atom is -0.495 e. The summed E-state index contributed by atoms with van der Waals surface area (Å²) in [5.74, 6) is 0.548. The Hall–Kier alpha value is -2.07. The van der Waals surface area contributed by atoms with E-state index in [0.29, 0.717) is 13.1 Å². The summed E-state index contributed by atoms with van der Waals surface area (Å²) in [5, 5.41) is 0. The molecule has 0 aliphatic carbocycles. The van der Waals surface area contributed by atoms with Crippen LogP contribution in [0.25, 0.3) is 0 Å². The van der Waals surface area contributed by atoms with Crippen molar-refractivity contribution in [3.05, 3.63) is 59.4 Å². The molecule has 2 N–H and O–H groups in total. The molecule has 0 spiro atoms. The molecule has 0 bridgehead atoms. The fraction of sp³-hybridized carbons (Fsp3) is 0.250. The van der Waals surface area contributed by atoms with Gasteiger partial charge in [-0.15, -0.1) is 0 Å². The van der Waals surface area contributed by atoms with Gasteiger partial charge >= 0.3 is 0 Å². The zero-order valence-corrected chi connectivity index (χ0v) is 11.8. The van der Waals surface area contributed by atoms with Crippen LogP contribution in [0.5, 0.6) is 5.75 Å². The molecule has 4 heteroatoms. The Kier molecular flexibility index (Phi) is 4.58. The Morgan fingerprint density at radius 2 is 1.90 bits per heavy atom. The minimum atomic E-state index is -0.245. The molecule has 0 atom stereocenters. The first-order chi connectivity index (χ1) is 9.65. The largest absolute Gasteiger partial charge is 0.495 e. The standard InChI is InChI=1S/C16H19FN2O/c1-19(15-5-3-4-6-16(15)20-2)11-13-9-14(17)8-7-12(13)10-18/h3-9H,10-11,18H2,1-2H3. The summed E-state index contributed by atoms with van der Waals surface area (Å²) in [6, 6.07) is 12.5. The highest BCUT2D eigenvalue weighted by Gasteiger charge is 2.10. The molecule has 0 unspecified atom stereocenters. The van der Waals surface area contributed by atoms with E-state index < -0.39 is 0 Å². The molecular formula is C16H19FN2O. The highest BCUT2D eigenvalue weighted by Crippen LogP contribution is 2.28. The predicted octanol–water partition coefficient (Wildman–Crippen LogP) is 2.93. The van der Waals surface area contributed by atoms with Gasteiger partial charge in [0.1, 0.15) is 11.6 Å². The lowest BCUT2D eigenvalue weighted by Gasteiger charge is -2.23. The third-order valence-electron chi connectivity index (χ3n) is 3.29. The van der Waals surface area contributed by atoms with Gasteiger partial charge in [0.2, 0.25) is 0 Å². The monoisotopic (exact) mass is 274 g/mol. The molecule has 3 nitrogen and oxygen atoms in total. The molecule has 0 fully saturated rings. The van der Waals surface area contributed by atoms with Crippen LogP contribution in [0, 0.1) is 5.82 Å². The van der Waals surface area contributed by atoms with Gasteiger partial charge in [-0.1, -0.05) is 18.2 Å². The zero-order chi connectivity index (χ0) is 14.5. The van der Waals surface area contributed by atoms with Crippen molar-refractivity contribution in [3.63, 3.8) is 0 Å². The SMILES string of the molecule is COc1ccccc1N(C)Cc1cc(F)ccc1CN. The fourth-order valence-electron chi connectivity index (χ4n) is 2.23. The number of para-hydroxylation sites is 2. The van der Waals surface area contributed by atoms with E-state index in [2.05, 4.69) is 0 Å². The summed E-state index contributed by atoms with van der Waals surface area (Å²) in [6.07, 6.45) is 0. The summed E-state index contributed by atoms with van der Waals surface area (Å²) < 4.78 is 18.7. The lowest BCUT2D eigenvalue weighted by molar-refractivity contribution is 0.415. The van der Waals surface area contributed by atoms with Gasteiger partial charge in [-0.3, -0.25) is 0 Å². The average molecular weight is 274 g/mol. The maximum absolute atomic E-state index is 13.4. The number of ether oxygens (including phenoxy) is 1. The normalized spacial score (nSPS) is 10.4. The second kappa shape index (κ2) is 6.39. The lowest BCUT2D eigenvalue weighted by atomic mass is 10.1. The number of halogens is 1. The smallest absolute Gasteiger partial charge is 0.142 e. The summed E-state index contributed by atoms with van der Waals surface area (Å²) in [6.45, 7) is 0.972. The van der Waals surface area contributed by atoms with E-state index in [1.807, 2.05) is 36.2 Å². The fourth-order valence-corrected chi connectivity index (χ4v) is 2.23. The highest BCUT2D eigenvalue weighted by molar-refractivity contribution is 5.58. The van der Waals surface area contributed by atoms with Crippen molar-refractivity contribution in [3.8, 4) is 5.75 Å². The van der Waals surface area contributed by atoms with Crippen molar-refractivity contribution >= 4 is 5.69 Å². The summed E-state index contributed by atoms with van der Waals surface area (Å²) in [7, 11) is 3.59. The first-order valence-electron chi connectivity index (χ1n) is 6.47. The Morgan fingerprint density at radius 3 is 2.60 bits per heavy atom. The van der Waals surface area contributed by atoms with Gasteiger partial charge in [-0.25, -0.2) is 4.39 Å². The Bertz CT molecular complexity index is 586. The second-order valence-corrected chi connectivity index (χ2v) is 4.65. The molecular weight excluding hydrogens is 255 g/mol. The van der Waals surface area contributed by atoms with Gasteiger partial charge in [0, 0.05) is 20.1 Å². The van der Waals surface area contributed by atoms with E-state index in [-0.39, 0.29) is 5.82 Å². The minimum absolute atomic E-state index is 0.245. The molecule has 0 radical (unpaired) electrons. The summed E-state index contributed by atoms with van der Waals surface area (Å²) in [4.78, 5) is 2.02. The van der Waals surface area contributed by atoms with Gasteiger partial charge in [-0.2, -0.15) is 0 Å². The Balaban J connectivity index is 2.27. The maximum Gasteiger partial charge on any atom is 0.142 e. The maximum atomic E-state index is 13.4. The van der Waals surface area contributed by atoms with Crippen molar-refractivity contribution < 1.29 is 9.13 Å². The molecule has 0 heterocycles. The van der Waals surface area contributed by atoms with Crippen molar-refractivity contribution in [1.82, 2.24) is 0 Å². The predicted molar refractivity (Wildman–Crippen MR) is 79.4 cm³/mol. The van der Waals surface area contributed by atoms with Gasteiger partial charge in [0.25, 0.3) is 0 Å². The highest BCUT2D eigenvalue weighted by atomic mass is 19.1. The van der Waals surface area contributed by atoms with Crippen molar-refractivity contribution in [2.75, 3.05) is 19.1 Å². The van der Waals surface area contributed by atoms with Crippen LogP contribution < -0.4 is 15.4 Å². The number of hydrogen-bond acceptors (Lipinski definition) is 3. The molecule has 2 aromatic rings. The number of hydrogen-bond donors (Lipinski definition) is 1. The van der Waals surface area contributed by atoms with Crippen molar-refractivity contribution in [1.29, 1.82) is 0 Å². The first kappa shape index (κ1) is 14.3. The second-order valence-electron chi connectivity index (χ2n) is 4.65. The third kappa shape index (κ3) is 3.08. The molecule has 0 aromatic heterocycles.